The molecule has 2 atom stereocenters. The number of anilines is 1. The molecule has 1 aromatic heterocycles. The number of carbonyl (C=O) groups excluding carboxylic acids is 1. The first-order chi connectivity index (χ1) is 11.1. The van der Waals surface area contributed by atoms with E-state index in [0.717, 1.165) is 28.2 Å². The Bertz CT molecular complexity index is 765. The first kappa shape index (κ1) is 15.2. The molecule has 2 fully saturated rings. The molecule has 0 unspecified atom stereocenters. The molecule has 7 heteroatoms. The number of halogens is 1. The topological polar surface area (TPSA) is 65.5 Å². The second-order valence-corrected chi connectivity index (χ2v) is 7.80. The molecule has 0 saturated carbocycles. The molecular formula is C16H18ClN3O2S. The van der Waals surface area contributed by atoms with Crippen LogP contribution in [0.2, 0.25) is 5.02 Å². The summed E-state index contributed by atoms with van der Waals surface area (Å²) >= 11 is 7.63. The van der Waals surface area contributed by atoms with Crippen molar-refractivity contribution in [2.75, 3.05) is 24.5 Å². The lowest BCUT2D eigenvalue weighted by Gasteiger charge is -2.46. The van der Waals surface area contributed by atoms with Crippen LogP contribution in [0.3, 0.4) is 0 Å². The highest BCUT2D eigenvalue weighted by molar-refractivity contribution is 7.22. The van der Waals surface area contributed by atoms with E-state index in [9.17, 15) is 9.90 Å². The number of thiazole rings is 1. The zero-order chi connectivity index (χ0) is 16.0. The number of aliphatic hydroxyl groups is 1. The number of amides is 1. The number of rotatable bonds is 1. The quantitative estimate of drug-likeness (QED) is 0.828. The highest BCUT2D eigenvalue weighted by Gasteiger charge is 2.50. The van der Waals surface area contributed by atoms with Crippen molar-refractivity contribution < 1.29 is 9.90 Å². The second-order valence-electron chi connectivity index (χ2n) is 6.35. The Labute approximate surface area is 143 Å². The van der Waals surface area contributed by atoms with Gasteiger partial charge in [-0.15, -0.1) is 0 Å². The van der Waals surface area contributed by atoms with Gasteiger partial charge in [-0.05, 0) is 37.5 Å². The summed E-state index contributed by atoms with van der Waals surface area (Å²) in [5.74, 6) is -0.0231. The molecule has 2 aliphatic rings. The smallest absolute Gasteiger partial charge is 0.230 e. The Morgan fingerprint density at radius 3 is 3.17 bits per heavy atom. The van der Waals surface area contributed by atoms with Crippen molar-refractivity contribution in [2.24, 2.45) is 5.41 Å². The molecule has 2 aromatic rings. The molecule has 1 aromatic carbocycles. The van der Waals surface area contributed by atoms with Gasteiger partial charge in [-0.3, -0.25) is 4.79 Å². The molecule has 0 radical (unpaired) electrons. The van der Waals surface area contributed by atoms with Crippen molar-refractivity contribution in [3.63, 3.8) is 0 Å². The summed E-state index contributed by atoms with van der Waals surface area (Å²) in [6.07, 6.45) is 1.64. The van der Waals surface area contributed by atoms with E-state index < -0.39 is 11.5 Å². The third-order valence-corrected chi connectivity index (χ3v) is 6.24. The van der Waals surface area contributed by atoms with Crippen molar-refractivity contribution in [2.45, 2.75) is 25.4 Å². The highest BCUT2D eigenvalue weighted by Crippen LogP contribution is 2.40. The Morgan fingerprint density at radius 1 is 1.48 bits per heavy atom. The van der Waals surface area contributed by atoms with Gasteiger partial charge in [0.05, 0.1) is 21.7 Å². The van der Waals surface area contributed by atoms with Gasteiger partial charge in [-0.2, -0.15) is 0 Å². The standard InChI is InChI=1S/C16H18ClN3O2S/c17-10-2-3-11-12(8-10)23-15(19-11)20-7-4-13(21)16(9-20)5-1-6-18-14(16)22/h2-3,8,13,21H,1,4-7,9H2,(H,18,22)/t13-,16-/m1/s1. The van der Waals surface area contributed by atoms with E-state index in [4.69, 9.17) is 11.6 Å². The Morgan fingerprint density at radius 2 is 2.35 bits per heavy atom. The SMILES string of the molecule is O=C1NCCC[C@]12CN(c1nc3ccc(Cl)cc3s1)CC[C@H]2O. The Hall–Kier alpha value is -1.37. The number of hydrogen-bond donors (Lipinski definition) is 2. The van der Waals surface area contributed by atoms with Gasteiger partial charge in [-0.1, -0.05) is 22.9 Å². The van der Waals surface area contributed by atoms with Crippen LogP contribution in [0.15, 0.2) is 18.2 Å². The zero-order valence-corrected chi connectivity index (χ0v) is 14.2. The van der Waals surface area contributed by atoms with E-state index in [2.05, 4.69) is 15.2 Å². The van der Waals surface area contributed by atoms with Gasteiger partial charge >= 0.3 is 0 Å². The fraction of sp³-hybridized carbons (Fsp3) is 0.500. The zero-order valence-electron chi connectivity index (χ0n) is 12.6. The first-order valence-corrected chi connectivity index (χ1v) is 9.05. The predicted molar refractivity (Wildman–Crippen MR) is 92.1 cm³/mol. The molecule has 23 heavy (non-hydrogen) atoms. The summed E-state index contributed by atoms with van der Waals surface area (Å²) < 4.78 is 1.04. The van der Waals surface area contributed by atoms with Gasteiger partial charge in [0.15, 0.2) is 5.13 Å². The lowest BCUT2D eigenvalue weighted by molar-refractivity contribution is -0.142. The molecule has 3 heterocycles. The number of hydrogen-bond acceptors (Lipinski definition) is 5. The average Bonchev–Trinajstić information content (AvgIpc) is 2.95. The van der Waals surface area contributed by atoms with Gasteiger partial charge in [0.25, 0.3) is 0 Å². The number of carbonyl (C=O) groups is 1. The van der Waals surface area contributed by atoms with Crippen molar-refractivity contribution in [3.05, 3.63) is 23.2 Å². The van der Waals surface area contributed by atoms with Gasteiger partial charge in [0, 0.05) is 24.7 Å². The third kappa shape index (κ3) is 2.49. The van der Waals surface area contributed by atoms with Crippen molar-refractivity contribution in [3.8, 4) is 0 Å². The van der Waals surface area contributed by atoms with E-state index in [1.807, 2.05) is 18.2 Å². The number of fused-ring (bicyclic) bond motifs is 1. The van der Waals surface area contributed by atoms with E-state index in [0.29, 0.717) is 31.1 Å². The lowest BCUT2D eigenvalue weighted by Crippen LogP contribution is -2.61. The molecule has 1 amide bonds. The van der Waals surface area contributed by atoms with E-state index in [-0.39, 0.29) is 5.91 Å². The molecule has 0 aliphatic carbocycles. The first-order valence-electron chi connectivity index (χ1n) is 7.86. The number of piperidine rings is 2. The van der Waals surface area contributed by atoms with E-state index in [1.54, 1.807) is 11.3 Å². The van der Waals surface area contributed by atoms with Gasteiger partial charge in [0.1, 0.15) is 0 Å². The van der Waals surface area contributed by atoms with Crippen LogP contribution in [0.5, 0.6) is 0 Å². The van der Waals surface area contributed by atoms with Gasteiger partial charge in [-0.25, -0.2) is 4.98 Å². The summed E-state index contributed by atoms with van der Waals surface area (Å²) in [7, 11) is 0. The molecule has 2 N–H and O–H groups in total. The summed E-state index contributed by atoms with van der Waals surface area (Å²) in [6.45, 7) is 1.93. The van der Waals surface area contributed by atoms with Crippen molar-refractivity contribution in [1.29, 1.82) is 0 Å². The van der Waals surface area contributed by atoms with Gasteiger partial charge < -0.3 is 15.3 Å². The minimum absolute atomic E-state index is 0.0231. The fourth-order valence-electron chi connectivity index (χ4n) is 3.63. The maximum absolute atomic E-state index is 12.4. The van der Waals surface area contributed by atoms with Crippen LogP contribution in [0.4, 0.5) is 5.13 Å². The maximum Gasteiger partial charge on any atom is 0.230 e. The highest BCUT2D eigenvalue weighted by atomic mass is 35.5. The monoisotopic (exact) mass is 351 g/mol. The number of nitrogens with zero attached hydrogens (tertiary/aromatic N) is 2. The van der Waals surface area contributed by atoms with Crippen LogP contribution >= 0.6 is 22.9 Å². The van der Waals surface area contributed by atoms with Crippen LogP contribution in [0, 0.1) is 5.41 Å². The Kier molecular flexibility index (Phi) is 3.70. The molecular weight excluding hydrogens is 334 g/mol. The third-order valence-electron chi connectivity index (χ3n) is 4.93. The van der Waals surface area contributed by atoms with E-state index in [1.165, 1.54) is 0 Å². The predicted octanol–water partition coefficient (Wildman–Crippen LogP) is 2.42. The normalized spacial score (nSPS) is 28.3. The molecule has 5 nitrogen and oxygen atoms in total. The number of aliphatic hydroxyl groups excluding tert-OH is 1. The summed E-state index contributed by atoms with van der Waals surface area (Å²) in [6, 6.07) is 5.67. The van der Waals surface area contributed by atoms with Crippen LogP contribution in [-0.4, -0.2) is 41.7 Å². The summed E-state index contributed by atoms with van der Waals surface area (Å²) in [5.41, 5.74) is 0.217. The van der Waals surface area contributed by atoms with Crippen molar-refractivity contribution >= 4 is 44.2 Å². The minimum Gasteiger partial charge on any atom is -0.392 e. The molecule has 122 valence electrons. The molecule has 2 aliphatic heterocycles. The number of aromatic nitrogens is 1. The minimum atomic E-state index is -0.702. The van der Waals surface area contributed by atoms with Crippen LogP contribution < -0.4 is 10.2 Å². The molecule has 1 spiro atoms. The average molecular weight is 352 g/mol. The van der Waals surface area contributed by atoms with Crippen molar-refractivity contribution in [1.82, 2.24) is 10.3 Å². The van der Waals surface area contributed by atoms with E-state index >= 15 is 0 Å². The summed E-state index contributed by atoms with van der Waals surface area (Å²) in [5, 5.41) is 15.0. The maximum atomic E-state index is 12.4. The fourth-order valence-corrected chi connectivity index (χ4v) is 4.89. The van der Waals surface area contributed by atoms with Crippen LogP contribution in [0.1, 0.15) is 19.3 Å². The largest absolute Gasteiger partial charge is 0.392 e. The lowest BCUT2D eigenvalue weighted by atomic mass is 9.71. The number of benzene rings is 1. The van der Waals surface area contributed by atoms with Crippen LogP contribution in [-0.2, 0) is 4.79 Å². The summed E-state index contributed by atoms with van der Waals surface area (Å²) in [4.78, 5) is 19.3. The Balaban J connectivity index is 1.67. The second kappa shape index (κ2) is 5.61. The van der Waals surface area contributed by atoms with Crippen LogP contribution in [0.25, 0.3) is 10.2 Å². The molecule has 4 rings (SSSR count). The molecule has 0 bridgehead atoms. The number of nitrogens with one attached hydrogen (secondary N) is 1. The molecule has 2 saturated heterocycles. The van der Waals surface area contributed by atoms with Gasteiger partial charge in [0.2, 0.25) is 5.91 Å².